The molecule has 1 heterocycles. The number of hydrogen-bond donors (Lipinski definition) is 1. The summed E-state index contributed by atoms with van der Waals surface area (Å²) in [6.45, 7) is 6.20. The van der Waals surface area contributed by atoms with Crippen LogP contribution in [0.5, 0.6) is 0 Å². The van der Waals surface area contributed by atoms with E-state index in [1.54, 1.807) is 6.92 Å². The minimum absolute atomic E-state index is 0.206. The molecule has 0 aromatic heterocycles. The number of rotatable bonds is 5. The number of carbonyl (C=O) groups is 2. The van der Waals surface area contributed by atoms with Crippen LogP contribution in [0.1, 0.15) is 42.5 Å². The predicted octanol–water partition coefficient (Wildman–Crippen LogP) is 3.91. The molecule has 3 rings (SSSR count). The second kappa shape index (κ2) is 6.71. The minimum Gasteiger partial charge on any atom is -0.319 e. The summed E-state index contributed by atoms with van der Waals surface area (Å²) in [5, 5.41) is 2.87. The van der Waals surface area contributed by atoms with Gasteiger partial charge in [0.15, 0.2) is 0 Å². The molecule has 0 bridgehead atoms. The lowest BCUT2D eigenvalue weighted by Gasteiger charge is -2.22. The van der Waals surface area contributed by atoms with Crippen molar-refractivity contribution in [3.63, 3.8) is 0 Å². The van der Waals surface area contributed by atoms with E-state index in [-0.39, 0.29) is 18.5 Å². The van der Waals surface area contributed by atoms with Gasteiger partial charge in [0.05, 0.1) is 6.54 Å². The molecule has 1 atom stereocenters. The monoisotopic (exact) mass is 336 g/mol. The quantitative estimate of drug-likeness (QED) is 0.842. The van der Waals surface area contributed by atoms with Gasteiger partial charge >= 0.3 is 6.03 Å². The van der Waals surface area contributed by atoms with Crippen molar-refractivity contribution in [1.82, 2.24) is 10.2 Å². The van der Waals surface area contributed by atoms with Crippen LogP contribution in [-0.4, -0.2) is 16.8 Å². The molecule has 1 saturated heterocycles. The summed E-state index contributed by atoms with van der Waals surface area (Å²) in [5.41, 5.74) is 3.11. The van der Waals surface area contributed by atoms with E-state index >= 15 is 0 Å². The summed E-state index contributed by atoms with van der Waals surface area (Å²) in [7, 11) is 0. The first-order valence-electron chi connectivity index (χ1n) is 8.73. The van der Waals surface area contributed by atoms with Crippen LogP contribution < -0.4 is 5.32 Å². The van der Waals surface area contributed by atoms with E-state index in [1.165, 1.54) is 10.5 Å². The van der Waals surface area contributed by atoms with Crippen LogP contribution in [0.2, 0.25) is 0 Å². The molecule has 130 valence electrons. The van der Waals surface area contributed by atoms with Crippen LogP contribution in [-0.2, 0) is 23.3 Å². The molecule has 2 aromatic carbocycles. The molecule has 1 aliphatic rings. The minimum atomic E-state index is -1.01. The number of urea groups is 1. The van der Waals surface area contributed by atoms with Crippen molar-refractivity contribution in [3.8, 4) is 0 Å². The molecular formula is C21H24N2O2. The van der Waals surface area contributed by atoms with Gasteiger partial charge in [0.25, 0.3) is 5.91 Å². The number of nitrogens with zero attached hydrogens (tertiary/aromatic N) is 1. The summed E-state index contributed by atoms with van der Waals surface area (Å²) >= 11 is 0. The number of benzene rings is 2. The van der Waals surface area contributed by atoms with Crippen molar-refractivity contribution in [2.24, 2.45) is 0 Å². The highest BCUT2D eigenvalue weighted by molar-refractivity contribution is 6.07. The zero-order valence-electron chi connectivity index (χ0n) is 15.0. The summed E-state index contributed by atoms with van der Waals surface area (Å²) in [5.74, 6) is -0.206. The molecule has 1 unspecified atom stereocenters. The maximum absolute atomic E-state index is 13.0. The molecule has 0 saturated carbocycles. The van der Waals surface area contributed by atoms with Crippen molar-refractivity contribution in [2.75, 3.05) is 0 Å². The average molecular weight is 336 g/mol. The molecule has 1 fully saturated rings. The second-order valence-electron chi connectivity index (χ2n) is 6.88. The van der Waals surface area contributed by atoms with Gasteiger partial charge in [-0.25, -0.2) is 4.79 Å². The van der Waals surface area contributed by atoms with Gasteiger partial charge in [0.2, 0.25) is 0 Å². The van der Waals surface area contributed by atoms with E-state index in [2.05, 4.69) is 12.2 Å². The lowest BCUT2D eigenvalue weighted by atomic mass is 9.91. The Morgan fingerprint density at radius 1 is 1.04 bits per heavy atom. The normalized spacial score (nSPS) is 20.0. The third kappa shape index (κ3) is 3.29. The summed E-state index contributed by atoms with van der Waals surface area (Å²) < 4.78 is 0. The van der Waals surface area contributed by atoms with Crippen LogP contribution >= 0.6 is 0 Å². The van der Waals surface area contributed by atoms with Gasteiger partial charge in [0.1, 0.15) is 5.54 Å². The highest BCUT2D eigenvalue weighted by Gasteiger charge is 2.48. The van der Waals surface area contributed by atoms with E-state index in [1.807, 2.05) is 55.5 Å². The number of imide groups is 1. The first-order chi connectivity index (χ1) is 11.9. The topological polar surface area (TPSA) is 49.4 Å². The fourth-order valence-corrected chi connectivity index (χ4v) is 3.32. The van der Waals surface area contributed by atoms with Gasteiger partial charge < -0.3 is 5.32 Å². The van der Waals surface area contributed by atoms with Crippen molar-refractivity contribution in [1.29, 1.82) is 0 Å². The van der Waals surface area contributed by atoms with Gasteiger partial charge in [-0.05, 0) is 37.0 Å². The van der Waals surface area contributed by atoms with E-state index in [4.69, 9.17) is 0 Å². The van der Waals surface area contributed by atoms with Crippen LogP contribution in [0.3, 0.4) is 0 Å². The van der Waals surface area contributed by atoms with Crippen LogP contribution in [0.15, 0.2) is 48.5 Å². The smallest absolute Gasteiger partial charge is 0.319 e. The molecular weight excluding hydrogens is 312 g/mol. The molecule has 2 aromatic rings. The third-order valence-corrected chi connectivity index (χ3v) is 4.77. The molecule has 1 aliphatic heterocycles. The standard InChI is InChI=1S/C21H24N2O2/c1-4-6-16-9-11-18(12-10-16)21(3)19(24)23(20(25)22-21)14-17-8-5-7-15(2)13-17/h5,7-13H,4,6,14H2,1-3H3,(H,22,25). The van der Waals surface area contributed by atoms with Crippen molar-refractivity contribution < 1.29 is 9.59 Å². The molecule has 0 spiro atoms. The number of carbonyl (C=O) groups excluding carboxylic acids is 2. The highest BCUT2D eigenvalue weighted by atomic mass is 16.2. The lowest BCUT2D eigenvalue weighted by Crippen LogP contribution is -2.40. The van der Waals surface area contributed by atoms with Crippen LogP contribution in [0, 0.1) is 6.92 Å². The number of aryl methyl sites for hydroxylation is 2. The molecule has 4 nitrogen and oxygen atoms in total. The van der Waals surface area contributed by atoms with E-state index in [0.717, 1.165) is 29.5 Å². The predicted molar refractivity (Wildman–Crippen MR) is 98.0 cm³/mol. The molecule has 1 N–H and O–H groups in total. The SMILES string of the molecule is CCCc1ccc(C2(C)NC(=O)N(Cc3cccc(C)c3)C2=O)cc1. The van der Waals surface area contributed by atoms with Crippen LogP contribution in [0.4, 0.5) is 4.79 Å². The Balaban J connectivity index is 1.84. The molecule has 4 heteroatoms. The number of nitrogens with one attached hydrogen (secondary N) is 1. The molecule has 0 aliphatic carbocycles. The van der Waals surface area contributed by atoms with E-state index < -0.39 is 5.54 Å². The Morgan fingerprint density at radius 3 is 2.40 bits per heavy atom. The Morgan fingerprint density at radius 2 is 1.76 bits per heavy atom. The Kier molecular flexibility index (Phi) is 4.62. The number of hydrogen-bond acceptors (Lipinski definition) is 2. The zero-order chi connectivity index (χ0) is 18.0. The van der Waals surface area contributed by atoms with Crippen molar-refractivity contribution >= 4 is 11.9 Å². The van der Waals surface area contributed by atoms with Gasteiger partial charge in [0, 0.05) is 0 Å². The second-order valence-corrected chi connectivity index (χ2v) is 6.88. The Hall–Kier alpha value is -2.62. The maximum atomic E-state index is 13.0. The fourth-order valence-electron chi connectivity index (χ4n) is 3.32. The van der Waals surface area contributed by atoms with E-state index in [9.17, 15) is 9.59 Å². The van der Waals surface area contributed by atoms with Gasteiger partial charge in [-0.2, -0.15) is 0 Å². The largest absolute Gasteiger partial charge is 0.325 e. The van der Waals surface area contributed by atoms with Gasteiger partial charge in [-0.1, -0.05) is 67.4 Å². The molecule has 25 heavy (non-hydrogen) atoms. The third-order valence-electron chi connectivity index (χ3n) is 4.77. The van der Waals surface area contributed by atoms with Gasteiger partial charge in [-0.3, -0.25) is 9.69 Å². The number of amides is 3. The summed E-state index contributed by atoms with van der Waals surface area (Å²) in [6.07, 6.45) is 2.09. The van der Waals surface area contributed by atoms with E-state index in [0.29, 0.717) is 0 Å². The molecule has 0 radical (unpaired) electrons. The Bertz CT molecular complexity index is 798. The van der Waals surface area contributed by atoms with Crippen molar-refractivity contribution in [3.05, 3.63) is 70.8 Å². The van der Waals surface area contributed by atoms with Crippen molar-refractivity contribution in [2.45, 2.75) is 45.7 Å². The summed E-state index contributed by atoms with van der Waals surface area (Å²) in [6, 6.07) is 15.5. The first-order valence-corrected chi connectivity index (χ1v) is 8.73. The van der Waals surface area contributed by atoms with Crippen LogP contribution in [0.25, 0.3) is 0 Å². The molecule has 3 amide bonds. The lowest BCUT2D eigenvalue weighted by molar-refractivity contribution is -0.131. The Labute approximate surface area is 148 Å². The summed E-state index contributed by atoms with van der Waals surface area (Å²) in [4.78, 5) is 26.7. The van der Waals surface area contributed by atoms with Gasteiger partial charge in [-0.15, -0.1) is 0 Å². The maximum Gasteiger partial charge on any atom is 0.325 e. The fraction of sp³-hybridized carbons (Fsp3) is 0.333. The first kappa shape index (κ1) is 17.2. The zero-order valence-corrected chi connectivity index (χ0v) is 15.0. The average Bonchev–Trinajstić information content (AvgIpc) is 2.80. The highest BCUT2D eigenvalue weighted by Crippen LogP contribution is 2.30.